The topological polar surface area (TPSA) is 91.9 Å². The molecule has 0 aliphatic carbocycles. The van der Waals surface area contributed by atoms with Crippen molar-refractivity contribution in [1.82, 2.24) is 15.0 Å². The first-order valence-corrected chi connectivity index (χ1v) is 11.5. The Kier molecular flexibility index (Phi) is 5.03. The molecule has 0 radical (unpaired) electrons. The largest absolute Gasteiger partial charge is 0.486 e. The van der Waals surface area contributed by atoms with Crippen LogP contribution in [-0.2, 0) is 6.42 Å². The molecule has 5 rings (SSSR count). The van der Waals surface area contributed by atoms with Gasteiger partial charge in [0.15, 0.2) is 5.13 Å². The molecule has 3 heterocycles. The number of para-hydroxylation sites is 1. The van der Waals surface area contributed by atoms with Crippen molar-refractivity contribution in [3.05, 3.63) is 56.5 Å². The van der Waals surface area contributed by atoms with Gasteiger partial charge in [-0.3, -0.25) is 10.1 Å². The summed E-state index contributed by atoms with van der Waals surface area (Å²) in [4.78, 5) is 26.3. The molecule has 2 aromatic heterocycles. The number of halogens is 2. The number of carbonyl (C=O) groups is 1. The number of aromatic nitrogens is 3. The summed E-state index contributed by atoms with van der Waals surface area (Å²) in [5.74, 6) is 0.727. The van der Waals surface area contributed by atoms with Gasteiger partial charge in [-0.1, -0.05) is 29.3 Å². The molecule has 32 heavy (non-hydrogen) atoms. The number of amides is 1. The smallest absolute Gasteiger partial charge is 0.261 e. The Balaban J connectivity index is 1.58. The lowest BCUT2D eigenvalue weighted by Gasteiger charge is -2.17. The zero-order valence-corrected chi connectivity index (χ0v) is 19.8. The molecule has 3 N–H and O–H groups in total. The number of fused-ring (bicyclic) bond motifs is 3. The molecule has 0 saturated heterocycles. The molecule has 2 aromatic carbocycles. The van der Waals surface area contributed by atoms with Gasteiger partial charge in [-0.15, -0.1) is 11.3 Å². The van der Waals surface area contributed by atoms with Crippen molar-refractivity contribution in [3.63, 3.8) is 0 Å². The van der Waals surface area contributed by atoms with Crippen molar-refractivity contribution >= 4 is 68.2 Å². The third kappa shape index (κ3) is 3.79. The molecule has 0 saturated carbocycles. The molecule has 1 aliphatic heterocycles. The summed E-state index contributed by atoms with van der Waals surface area (Å²) in [5.41, 5.74) is 2.84. The molecule has 10 heteroatoms. The molecule has 4 aromatic rings. The van der Waals surface area contributed by atoms with Crippen LogP contribution in [0.5, 0.6) is 5.75 Å². The molecule has 0 unspecified atom stereocenters. The first-order chi connectivity index (χ1) is 15.2. The number of anilines is 3. The maximum atomic E-state index is 13.1. The lowest BCUT2D eigenvalue weighted by atomic mass is 9.99. The van der Waals surface area contributed by atoms with E-state index in [1.807, 2.05) is 20.8 Å². The lowest BCUT2D eigenvalue weighted by molar-refractivity contribution is 0.101. The van der Waals surface area contributed by atoms with E-state index >= 15 is 0 Å². The third-order valence-corrected chi connectivity index (χ3v) is 6.56. The Morgan fingerprint density at radius 3 is 2.72 bits per heavy atom. The predicted molar refractivity (Wildman–Crippen MR) is 129 cm³/mol. The van der Waals surface area contributed by atoms with Gasteiger partial charge in [-0.2, -0.15) is 0 Å². The van der Waals surface area contributed by atoms with Crippen molar-refractivity contribution in [2.45, 2.75) is 32.8 Å². The van der Waals surface area contributed by atoms with Crippen LogP contribution in [0.1, 0.15) is 34.6 Å². The van der Waals surface area contributed by atoms with E-state index in [2.05, 4.69) is 20.6 Å². The molecular formula is C22H19Cl2N5O2S. The fourth-order valence-electron chi connectivity index (χ4n) is 3.76. The quantitative estimate of drug-likeness (QED) is 0.312. The Labute approximate surface area is 198 Å². The predicted octanol–water partition coefficient (Wildman–Crippen LogP) is 6.34. The molecular weight excluding hydrogens is 469 g/mol. The maximum Gasteiger partial charge on any atom is 0.261 e. The summed E-state index contributed by atoms with van der Waals surface area (Å²) in [6.45, 7) is 5.91. The lowest BCUT2D eigenvalue weighted by Crippen LogP contribution is -2.25. The highest BCUT2D eigenvalue weighted by molar-refractivity contribution is 7.15. The number of H-pyrrole nitrogens is 1. The number of benzene rings is 2. The van der Waals surface area contributed by atoms with Crippen molar-refractivity contribution in [1.29, 1.82) is 0 Å². The van der Waals surface area contributed by atoms with E-state index in [0.717, 1.165) is 16.0 Å². The second kappa shape index (κ2) is 7.65. The average molecular weight is 488 g/mol. The van der Waals surface area contributed by atoms with Crippen molar-refractivity contribution < 1.29 is 9.53 Å². The summed E-state index contributed by atoms with van der Waals surface area (Å²) in [5, 5.41) is 7.52. The minimum absolute atomic E-state index is 0.284. The van der Waals surface area contributed by atoms with Gasteiger partial charge >= 0.3 is 0 Å². The van der Waals surface area contributed by atoms with Gasteiger partial charge in [0.2, 0.25) is 5.95 Å². The summed E-state index contributed by atoms with van der Waals surface area (Å²) in [7, 11) is 0. The number of ether oxygens (including phenoxy) is 1. The number of aryl methyl sites for hydroxylation is 1. The van der Waals surface area contributed by atoms with Crippen LogP contribution in [-0.4, -0.2) is 26.5 Å². The number of rotatable bonds is 4. The first-order valence-electron chi connectivity index (χ1n) is 9.89. The van der Waals surface area contributed by atoms with Crippen LogP contribution in [0.4, 0.5) is 16.8 Å². The van der Waals surface area contributed by atoms with Gasteiger partial charge in [0.1, 0.15) is 11.4 Å². The molecule has 7 nitrogen and oxygen atoms in total. The Morgan fingerprint density at radius 2 is 2.03 bits per heavy atom. The molecule has 0 bridgehead atoms. The number of carbonyl (C=O) groups excluding carboxylic acids is 1. The van der Waals surface area contributed by atoms with E-state index in [1.54, 1.807) is 30.5 Å². The molecule has 1 amide bonds. The van der Waals surface area contributed by atoms with Gasteiger partial charge in [-0.25, -0.2) is 9.97 Å². The van der Waals surface area contributed by atoms with E-state index < -0.39 is 5.60 Å². The zero-order chi connectivity index (χ0) is 22.6. The van der Waals surface area contributed by atoms with Gasteiger partial charge in [0.25, 0.3) is 5.91 Å². The number of nitrogens with zero attached hydrogens (tertiary/aromatic N) is 2. The van der Waals surface area contributed by atoms with Crippen LogP contribution >= 0.6 is 34.5 Å². The second-order valence-electron chi connectivity index (χ2n) is 8.20. The van der Waals surface area contributed by atoms with Crippen molar-refractivity contribution in [2.24, 2.45) is 0 Å². The van der Waals surface area contributed by atoms with Crippen LogP contribution in [0.15, 0.2) is 30.5 Å². The molecule has 164 valence electrons. The fraction of sp³-hybridized carbons (Fsp3) is 0.227. The summed E-state index contributed by atoms with van der Waals surface area (Å²) >= 11 is 14.0. The summed E-state index contributed by atoms with van der Waals surface area (Å²) < 4.78 is 6.17. The SMILES string of the molecule is Cc1cnc(NC(=O)c2cc3[nH]c(Nc4c(Cl)cccc4Cl)nc3c3c2OC(C)(C)C3)s1. The van der Waals surface area contributed by atoms with Crippen LogP contribution in [0, 0.1) is 6.92 Å². The number of hydrogen-bond acceptors (Lipinski definition) is 6. The van der Waals surface area contributed by atoms with E-state index in [9.17, 15) is 4.79 Å². The number of hydrogen-bond donors (Lipinski definition) is 3. The number of nitrogens with one attached hydrogen (secondary N) is 3. The van der Waals surface area contributed by atoms with Gasteiger partial charge < -0.3 is 15.0 Å². The summed E-state index contributed by atoms with van der Waals surface area (Å²) in [6, 6.07) is 7.01. The Hall–Kier alpha value is -2.81. The highest BCUT2D eigenvalue weighted by Crippen LogP contribution is 2.43. The fourth-order valence-corrected chi connectivity index (χ4v) is 4.91. The molecule has 0 fully saturated rings. The number of aromatic amines is 1. The first kappa shape index (κ1) is 21.1. The Bertz CT molecular complexity index is 1360. The van der Waals surface area contributed by atoms with Gasteiger partial charge in [-0.05, 0) is 39.0 Å². The monoisotopic (exact) mass is 487 g/mol. The minimum Gasteiger partial charge on any atom is -0.486 e. The number of imidazole rings is 1. The molecule has 1 aliphatic rings. The highest BCUT2D eigenvalue weighted by Gasteiger charge is 2.36. The van der Waals surface area contributed by atoms with Crippen molar-refractivity contribution in [2.75, 3.05) is 10.6 Å². The minimum atomic E-state index is -0.456. The van der Waals surface area contributed by atoms with E-state index in [1.165, 1.54) is 11.3 Å². The van der Waals surface area contributed by atoms with Crippen LogP contribution in [0.3, 0.4) is 0 Å². The maximum absolute atomic E-state index is 13.1. The van der Waals surface area contributed by atoms with E-state index in [4.69, 9.17) is 32.9 Å². The third-order valence-electron chi connectivity index (χ3n) is 5.10. The number of thiazole rings is 1. The Morgan fingerprint density at radius 1 is 1.28 bits per heavy atom. The summed E-state index contributed by atoms with van der Waals surface area (Å²) in [6.07, 6.45) is 2.34. The molecule has 0 spiro atoms. The van der Waals surface area contributed by atoms with Gasteiger partial charge in [0.05, 0.1) is 32.3 Å². The van der Waals surface area contributed by atoms with Crippen LogP contribution in [0.2, 0.25) is 10.0 Å². The van der Waals surface area contributed by atoms with Crippen LogP contribution in [0.25, 0.3) is 11.0 Å². The van der Waals surface area contributed by atoms with E-state index in [-0.39, 0.29) is 5.91 Å². The standard InChI is InChI=1S/C22H19Cl2N5O2S/c1-10-9-25-21(32-10)29-19(30)11-7-15-16(12-8-22(2,3)31-18(11)12)27-20(26-15)28-17-13(23)5-4-6-14(17)24/h4-7,9H,8H2,1-3H3,(H,25,29,30)(H2,26,27,28). The second-order valence-corrected chi connectivity index (χ2v) is 10.3. The average Bonchev–Trinajstić information content (AvgIpc) is 3.39. The molecule has 0 atom stereocenters. The van der Waals surface area contributed by atoms with E-state index in [0.29, 0.717) is 50.1 Å². The normalized spacial score (nSPS) is 14.3. The van der Waals surface area contributed by atoms with Crippen molar-refractivity contribution in [3.8, 4) is 5.75 Å². The highest BCUT2D eigenvalue weighted by atomic mass is 35.5. The zero-order valence-electron chi connectivity index (χ0n) is 17.5. The van der Waals surface area contributed by atoms with Crippen LogP contribution < -0.4 is 15.4 Å². The van der Waals surface area contributed by atoms with Gasteiger partial charge in [0, 0.05) is 23.1 Å².